The van der Waals surface area contributed by atoms with Gasteiger partial charge in [0.05, 0.1) is 5.69 Å². The first kappa shape index (κ1) is 17.2. The van der Waals surface area contributed by atoms with E-state index in [4.69, 9.17) is 0 Å². The lowest BCUT2D eigenvalue weighted by Crippen LogP contribution is -2.41. The maximum atomic E-state index is 12.3. The predicted molar refractivity (Wildman–Crippen MR) is 97.5 cm³/mol. The molecule has 0 aromatic carbocycles. The van der Waals surface area contributed by atoms with Gasteiger partial charge in [-0.05, 0) is 62.9 Å². The number of likely N-dealkylation sites (tertiary alicyclic amines) is 2. The Morgan fingerprint density at radius 1 is 1.08 bits per heavy atom. The molecule has 2 saturated heterocycles. The molecular weight excluding hydrogens is 298 g/mol. The summed E-state index contributed by atoms with van der Waals surface area (Å²) in [6.07, 6.45) is 13.0. The zero-order valence-electron chi connectivity index (χ0n) is 14.6. The van der Waals surface area contributed by atoms with Gasteiger partial charge in [0.25, 0.3) is 0 Å². The fraction of sp³-hybridized carbons (Fsp3) is 0.600. The molecule has 1 amide bonds. The molecule has 24 heavy (non-hydrogen) atoms. The highest BCUT2D eigenvalue weighted by molar-refractivity contribution is 5.91. The van der Waals surface area contributed by atoms with Crippen molar-refractivity contribution < 1.29 is 4.79 Å². The first-order valence-corrected chi connectivity index (χ1v) is 9.41. The number of amides is 1. The number of hydrogen-bond donors (Lipinski definition) is 0. The topological polar surface area (TPSA) is 36.4 Å². The lowest BCUT2D eigenvalue weighted by atomic mass is 9.96. The number of carbonyl (C=O) groups is 1. The minimum atomic E-state index is 0.119. The average Bonchev–Trinajstić information content (AvgIpc) is 2.90. The Morgan fingerprint density at radius 2 is 1.83 bits per heavy atom. The summed E-state index contributed by atoms with van der Waals surface area (Å²) in [5, 5.41) is 0. The summed E-state index contributed by atoms with van der Waals surface area (Å²) in [7, 11) is 0. The number of pyridine rings is 1. The van der Waals surface area contributed by atoms with E-state index in [-0.39, 0.29) is 5.91 Å². The van der Waals surface area contributed by atoms with Crippen LogP contribution in [0.25, 0.3) is 6.08 Å². The van der Waals surface area contributed by atoms with Crippen molar-refractivity contribution in [3.05, 3.63) is 36.2 Å². The van der Waals surface area contributed by atoms with E-state index in [2.05, 4.69) is 9.88 Å². The fourth-order valence-corrected chi connectivity index (χ4v) is 3.76. The molecule has 0 atom stereocenters. The van der Waals surface area contributed by atoms with Crippen molar-refractivity contribution >= 4 is 12.0 Å². The van der Waals surface area contributed by atoms with E-state index in [0.29, 0.717) is 0 Å². The maximum Gasteiger partial charge on any atom is 0.246 e. The summed E-state index contributed by atoms with van der Waals surface area (Å²) < 4.78 is 0. The van der Waals surface area contributed by atoms with E-state index in [1.807, 2.05) is 29.2 Å². The van der Waals surface area contributed by atoms with Gasteiger partial charge in [0.15, 0.2) is 0 Å². The Kier molecular flexibility index (Phi) is 6.41. The summed E-state index contributed by atoms with van der Waals surface area (Å²) in [5.74, 6) is 0.876. The normalized spacial score (nSPS) is 21.1. The quantitative estimate of drug-likeness (QED) is 0.797. The first-order valence-electron chi connectivity index (χ1n) is 9.41. The fourth-order valence-electron chi connectivity index (χ4n) is 3.76. The standard InChI is InChI=1S/C20H29N3O/c24-20(9-8-19-7-3-4-12-21-19)23-15-10-18(11-16-23)17-22-13-5-1-2-6-14-22/h3-4,7-9,12,18H,1-2,5-6,10-11,13-17H2. The third-order valence-electron chi connectivity index (χ3n) is 5.23. The SMILES string of the molecule is O=C(C=Cc1ccccn1)N1CCC(CN2CCCCCC2)CC1. The van der Waals surface area contributed by atoms with E-state index in [1.165, 1.54) is 45.3 Å². The molecule has 2 fully saturated rings. The number of nitrogens with zero attached hydrogens (tertiary/aromatic N) is 3. The van der Waals surface area contributed by atoms with Gasteiger partial charge in [-0.3, -0.25) is 9.78 Å². The minimum absolute atomic E-state index is 0.119. The minimum Gasteiger partial charge on any atom is -0.339 e. The van der Waals surface area contributed by atoms with Crippen LogP contribution in [-0.4, -0.2) is 53.4 Å². The molecule has 4 heteroatoms. The van der Waals surface area contributed by atoms with Crippen molar-refractivity contribution in [3.8, 4) is 0 Å². The van der Waals surface area contributed by atoms with Crippen LogP contribution in [-0.2, 0) is 4.79 Å². The Hall–Kier alpha value is -1.68. The second-order valence-electron chi connectivity index (χ2n) is 7.07. The van der Waals surface area contributed by atoms with Crippen molar-refractivity contribution in [2.45, 2.75) is 38.5 Å². The second-order valence-corrected chi connectivity index (χ2v) is 7.07. The van der Waals surface area contributed by atoms with Crippen LogP contribution < -0.4 is 0 Å². The molecule has 3 heterocycles. The van der Waals surface area contributed by atoms with Crippen LogP contribution in [0.1, 0.15) is 44.2 Å². The number of rotatable bonds is 4. The third kappa shape index (κ3) is 5.17. The van der Waals surface area contributed by atoms with Crippen molar-refractivity contribution in [2.75, 3.05) is 32.7 Å². The van der Waals surface area contributed by atoms with Crippen LogP contribution in [0, 0.1) is 5.92 Å². The molecule has 0 N–H and O–H groups in total. The predicted octanol–water partition coefficient (Wildman–Crippen LogP) is 3.21. The van der Waals surface area contributed by atoms with Gasteiger partial charge in [-0.25, -0.2) is 0 Å². The molecule has 0 saturated carbocycles. The Labute approximate surface area is 145 Å². The van der Waals surface area contributed by atoms with Gasteiger partial charge in [-0.15, -0.1) is 0 Å². The number of carbonyl (C=O) groups excluding carboxylic acids is 1. The van der Waals surface area contributed by atoms with Crippen LogP contribution in [0.4, 0.5) is 0 Å². The van der Waals surface area contributed by atoms with Crippen LogP contribution in [0.15, 0.2) is 30.5 Å². The second kappa shape index (κ2) is 8.97. The summed E-state index contributed by atoms with van der Waals surface area (Å²) in [5.41, 5.74) is 0.835. The smallest absolute Gasteiger partial charge is 0.246 e. The molecule has 4 nitrogen and oxygen atoms in total. The van der Waals surface area contributed by atoms with Gasteiger partial charge < -0.3 is 9.80 Å². The molecule has 1 aromatic heterocycles. The number of hydrogen-bond acceptors (Lipinski definition) is 3. The molecule has 0 aliphatic carbocycles. The molecule has 0 spiro atoms. The summed E-state index contributed by atoms with van der Waals surface area (Å²) in [4.78, 5) is 21.2. The van der Waals surface area contributed by atoms with Gasteiger partial charge >= 0.3 is 0 Å². The molecule has 130 valence electrons. The van der Waals surface area contributed by atoms with E-state index >= 15 is 0 Å². The zero-order chi connectivity index (χ0) is 16.6. The Balaban J connectivity index is 1.42. The molecule has 2 aliphatic rings. The van der Waals surface area contributed by atoms with Gasteiger partial charge in [-0.2, -0.15) is 0 Å². The van der Waals surface area contributed by atoms with Crippen molar-refractivity contribution in [3.63, 3.8) is 0 Å². The highest BCUT2D eigenvalue weighted by Crippen LogP contribution is 2.20. The summed E-state index contributed by atoms with van der Waals surface area (Å²) >= 11 is 0. The monoisotopic (exact) mass is 327 g/mol. The maximum absolute atomic E-state index is 12.3. The largest absolute Gasteiger partial charge is 0.339 e. The van der Waals surface area contributed by atoms with E-state index in [0.717, 1.165) is 37.5 Å². The van der Waals surface area contributed by atoms with E-state index in [9.17, 15) is 4.79 Å². The molecule has 0 unspecified atom stereocenters. The first-order chi connectivity index (χ1) is 11.8. The Bertz CT molecular complexity index is 527. The highest BCUT2D eigenvalue weighted by Gasteiger charge is 2.23. The molecular formula is C20H29N3O. The van der Waals surface area contributed by atoms with Gasteiger partial charge in [0.1, 0.15) is 0 Å². The third-order valence-corrected chi connectivity index (χ3v) is 5.23. The molecule has 0 bridgehead atoms. The van der Waals surface area contributed by atoms with Gasteiger partial charge in [0, 0.05) is 31.9 Å². The van der Waals surface area contributed by atoms with Crippen LogP contribution in [0.5, 0.6) is 0 Å². The lowest BCUT2D eigenvalue weighted by Gasteiger charge is -2.34. The van der Waals surface area contributed by atoms with Gasteiger partial charge in [-0.1, -0.05) is 18.9 Å². The van der Waals surface area contributed by atoms with Crippen molar-refractivity contribution in [1.29, 1.82) is 0 Å². The van der Waals surface area contributed by atoms with Crippen LogP contribution in [0.3, 0.4) is 0 Å². The van der Waals surface area contributed by atoms with Crippen LogP contribution in [0.2, 0.25) is 0 Å². The lowest BCUT2D eigenvalue weighted by molar-refractivity contribution is -0.127. The number of piperidine rings is 1. The molecule has 3 rings (SSSR count). The van der Waals surface area contributed by atoms with Crippen LogP contribution >= 0.6 is 0 Å². The molecule has 0 radical (unpaired) electrons. The molecule has 1 aromatic rings. The van der Waals surface area contributed by atoms with Crippen molar-refractivity contribution in [1.82, 2.24) is 14.8 Å². The summed E-state index contributed by atoms with van der Waals surface area (Å²) in [6.45, 7) is 5.55. The van der Waals surface area contributed by atoms with Gasteiger partial charge in [0.2, 0.25) is 5.91 Å². The number of aromatic nitrogens is 1. The van der Waals surface area contributed by atoms with E-state index in [1.54, 1.807) is 12.3 Å². The molecule has 2 aliphatic heterocycles. The highest BCUT2D eigenvalue weighted by atomic mass is 16.2. The van der Waals surface area contributed by atoms with Crippen molar-refractivity contribution in [2.24, 2.45) is 5.92 Å². The average molecular weight is 327 g/mol. The summed E-state index contributed by atoms with van der Waals surface area (Å²) in [6, 6.07) is 5.73. The Morgan fingerprint density at radius 3 is 2.50 bits per heavy atom. The van der Waals surface area contributed by atoms with E-state index < -0.39 is 0 Å². The zero-order valence-corrected chi connectivity index (χ0v) is 14.6.